The van der Waals surface area contributed by atoms with Gasteiger partial charge in [-0.1, -0.05) is 0 Å². The summed E-state index contributed by atoms with van der Waals surface area (Å²) in [6.45, 7) is 1.24. The maximum atomic E-state index is 9.67. The van der Waals surface area contributed by atoms with Crippen LogP contribution in [0.1, 0.15) is 6.92 Å². The topological polar surface area (TPSA) is 50.2 Å². The second kappa shape index (κ2) is 2.57. The first-order valence-electron chi connectivity index (χ1n) is 1.43. The number of rotatable bonds is 1. The van der Waals surface area contributed by atoms with Gasteiger partial charge in [0.1, 0.15) is 0 Å². The Bertz CT molecular complexity index is 71.9. The molecule has 0 radical (unpaired) electrons. The summed E-state index contributed by atoms with van der Waals surface area (Å²) in [4.78, 5) is 9.67. The van der Waals surface area contributed by atoms with Crippen LogP contribution < -0.4 is 0 Å². The van der Waals surface area contributed by atoms with Crippen LogP contribution in [-0.4, -0.2) is 13.2 Å². The van der Waals surface area contributed by atoms with Crippen LogP contribution in [0.15, 0.2) is 0 Å². The molecule has 0 saturated heterocycles. The molecule has 0 spiro atoms. The number of carbonyl (C=O) groups is 1. The van der Waals surface area contributed by atoms with Crippen LogP contribution in [0.5, 0.6) is 0 Å². The zero-order valence-electron chi connectivity index (χ0n) is 3.39. The fourth-order valence-corrected chi connectivity index (χ4v) is 0.0830. The summed E-state index contributed by atoms with van der Waals surface area (Å²) in [6.07, 6.45) is 0. The molecule has 0 bridgehead atoms. The Hall–Kier alpha value is -0.665. The Morgan fingerprint density at radius 3 is 2.50 bits per heavy atom. The summed E-state index contributed by atoms with van der Waals surface area (Å²) in [5, 5.41) is 6.16. The molecule has 32 valence electrons. The van der Waals surface area contributed by atoms with Gasteiger partial charge in [0.15, 0.2) is 0 Å². The molecular formula is C2H4BNO2. The van der Waals surface area contributed by atoms with Gasteiger partial charge in [0, 0.05) is 0 Å². The molecule has 0 aliphatic heterocycles. The van der Waals surface area contributed by atoms with E-state index in [-0.39, 0.29) is 0 Å². The summed E-state index contributed by atoms with van der Waals surface area (Å²) < 4.78 is 3.94. The van der Waals surface area contributed by atoms with Crippen LogP contribution in [0.25, 0.3) is 0 Å². The number of nitrogens with one attached hydrogen (secondary N) is 1. The molecule has 0 atom stereocenters. The van der Waals surface area contributed by atoms with Crippen LogP contribution >= 0.6 is 0 Å². The van der Waals surface area contributed by atoms with Crippen molar-refractivity contribution in [1.29, 1.82) is 5.31 Å². The van der Waals surface area contributed by atoms with E-state index < -0.39 is 5.97 Å². The number of hydrogen-bond acceptors (Lipinski definition) is 3. The number of hydrogen-bond donors (Lipinski definition) is 1. The zero-order chi connectivity index (χ0) is 4.99. The minimum absolute atomic E-state index is 0.454. The van der Waals surface area contributed by atoms with Gasteiger partial charge < -0.3 is 0 Å². The summed E-state index contributed by atoms with van der Waals surface area (Å²) in [7, 11) is 0.600. The summed E-state index contributed by atoms with van der Waals surface area (Å²) in [5.74, 6) is -0.454. The van der Waals surface area contributed by atoms with Crippen molar-refractivity contribution in [3.05, 3.63) is 0 Å². The molecule has 0 heterocycles. The molecule has 0 aromatic heterocycles. The van der Waals surface area contributed by atoms with E-state index in [4.69, 9.17) is 5.31 Å². The normalized spacial score (nSPS) is 6.17. The van der Waals surface area contributed by atoms with Gasteiger partial charge in [0.25, 0.3) is 0 Å². The Balaban J connectivity index is 3.05. The van der Waals surface area contributed by atoms with E-state index in [1.807, 2.05) is 0 Å². The summed E-state index contributed by atoms with van der Waals surface area (Å²) >= 11 is 0. The molecule has 0 unspecified atom stereocenters. The van der Waals surface area contributed by atoms with Gasteiger partial charge in [-0.15, -0.1) is 0 Å². The van der Waals surface area contributed by atoms with Crippen molar-refractivity contribution in [3.8, 4) is 0 Å². The van der Waals surface area contributed by atoms with Gasteiger partial charge in [0.2, 0.25) is 0 Å². The standard InChI is InChI=1S/C2H4BNO2/c1-2(5)6-3-4/h4H,1H3. The van der Waals surface area contributed by atoms with Crippen molar-refractivity contribution in [1.82, 2.24) is 0 Å². The van der Waals surface area contributed by atoms with E-state index in [1.54, 1.807) is 0 Å². The fourth-order valence-electron chi connectivity index (χ4n) is 0.0830. The van der Waals surface area contributed by atoms with Crippen molar-refractivity contribution in [2.75, 3.05) is 0 Å². The van der Waals surface area contributed by atoms with E-state index >= 15 is 0 Å². The summed E-state index contributed by atoms with van der Waals surface area (Å²) in [6, 6.07) is 0. The predicted molar refractivity (Wildman–Crippen MR) is 20.2 cm³/mol. The van der Waals surface area contributed by atoms with Crippen LogP contribution in [0.2, 0.25) is 0 Å². The average molecular weight is 84.9 g/mol. The van der Waals surface area contributed by atoms with Crippen molar-refractivity contribution < 1.29 is 9.45 Å². The van der Waals surface area contributed by atoms with Crippen LogP contribution in [0.3, 0.4) is 0 Å². The van der Waals surface area contributed by atoms with Gasteiger partial charge in [0.05, 0.1) is 0 Å². The molecule has 3 nitrogen and oxygen atoms in total. The molecule has 1 N–H and O–H groups in total. The summed E-state index contributed by atoms with van der Waals surface area (Å²) in [5.41, 5.74) is 0. The molecule has 4 heteroatoms. The van der Waals surface area contributed by atoms with Crippen LogP contribution in [0, 0.1) is 5.31 Å². The van der Waals surface area contributed by atoms with Crippen LogP contribution in [-0.2, 0) is 9.45 Å². The third-order valence-electron chi connectivity index (χ3n) is 0.225. The number of carbonyl (C=O) groups excluding carboxylic acids is 1. The van der Waals surface area contributed by atoms with Crippen LogP contribution in [0.4, 0.5) is 0 Å². The Kier molecular flexibility index (Phi) is 2.28. The first kappa shape index (κ1) is 5.33. The fraction of sp³-hybridized carbons (Fsp3) is 0.500. The average Bonchev–Trinajstić information content (AvgIpc) is 1.35. The molecule has 0 amide bonds. The Morgan fingerprint density at radius 1 is 2.00 bits per heavy atom. The third kappa shape index (κ3) is 3.33. The molecule has 0 aromatic rings. The second-order valence-electron chi connectivity index (χ2n) is 0.727. The van der Waals surface area contributed by atoms with E-state index in [2.05, 4.69) is 4.65 Å². The van der Waals surface area contributed by atoms with Crippen molar-refractivity contribution in [2.45, 2.75) is 6.92 Å². The Morgan fingerprint density at radius 2 is 2.50 bits per heavy atom. The molecule has 0 saturated carbocycles. The minimum atomic E-state index is -0.454. The van der Waals surface area contributed by atoms with E-state index in [0.29, 0.717) is 7.27 Å². The molecular weight excluding hydrogens is 80.8 g/mol. The molecule has 0 aromatic carbocycles. The molecule has 0 rings (SSSR count). The van der Waals surface area contributed by atoms with Gasteiger partial charge in [-0.3, -0.25) is 0 Å². The van der Waals surface area contributed by atoms with E-state index in [9.17, 15) is 4.79 Å². The van der Waals surface area contributed by atoms with Crippen molar-refractivity contribution >= 4 is 13.2 Å². The van der Waals surface area contributed by atoms with Gasteiger partial charge in [-0.2, -0.15) is 0 Å². The van der Waals surface area contributed by atoms with Gasteiger partial charge in [-0.25, -0.2) is 0 Å². The molecule has 6 heavy (non-hydrogen) atoms. The van der Waals surface area contributed by atoms with E-state index in [0.717, 1.165) is 0 Å². The van der Waals surface area contributed by atoms with Gasteiger partial charge >= 0.3 is 34.9 Å². The van der Waals surface area contributed by atoms with Crippen molar-refractivity contribution in [2.24, 2.45) is 0 Å². The third-order valence-corrected chi connectivity index (χ3v) is 0.225. The first-order chi connectivity index (χ1) is 2.77. The maximum absolute atomic E-state index is 9.67. The second-order valence-corrected chi connectivity index (χ2v) is 0.727. The monoisotopic (exact) mass is 85.0 g/mol. The Labute approximate surface area is 36.1 Å². The quantitative estimate of drug-likeness (QED) is 0.453. The predicted octanol–water partition coefficient (Wildman–Crippen LogP) is -0.0689. The SMILES string of the molecule is CC(=O)OB=N. The molecule has 0 aliphatic rings. The molecule has 0 fully saturated rings. The van der Waals surface area contributed by atoms with Crippen molar-refractivity contribution in [3.63, 3.8) is 0 Å². The van der Waals surface area contributed by atoms with E-state index in [1.165, 1.54) is 6.92 Å². The van der Waals surface area contributed by atoms with Gasteiger partial charge in [-0.05, 0) is 0 Å². The zero-order valence-corrected chi connectivity index (χ0v) is 3.39. The first-order valence-corrected chi connectivity index (χ1v) is 1.43. The molecule has 0 aliphatic carbocycles.